The van der Waals surface area contributed by atoms with Gasteiger partial charge >= 0.3 is 6.18 Å². The van der Waals surface area contributed by atoms with E-state index in [2.05, 4.69) is 4.90 Å². The van der Waals surface area contributed by atoms with Crippen molar-refractivity contribution in [3.63, 3.8) is 0 Å². The molecule has 0 radical (unpaired) electrons. The van der Waals surface area contributed by atoms with E-state index >= 15 is 0 Å². The Kier molecular flexibility index (Phi) is 5.90. The second-order valence-electron chi connectivity index (χ2n) is 7.50. The molecule has 0 N–H and O–H groups in total. The number of halogens is 3. The Morgan fingerprint density at radius 2 is 1.77 bits per heavy atom. The Morgan fingerprint density at radius 1 is 1.12 bits per heavy atom. The Bertz CT molecular complexity index is 626. The third-order valence-corrected chi connectivity index (χ3v) is 5.86. The van der Waals surface area contributed by atoms with Gasteiger partial charge in [0, 0.05) is 19.1 Å². The number of likely N-dealkylation sites (tertiary alicyclic amines) is 1. The van der Waals surface area contributed by atoms with Crippen molar-refractivity contribution in [3.8, 4) is 0 Å². The molecule has 0 aromatic heterocycles. The molecule has 6 heteroatoms. The van der Waals surface area contributed by atoms with E-state index in [1.54, 1.807) is 18.0 Å². The Morgan fingerprint density at radius 3 is 2.46 bits per heavy atom. The van der Waals surface area contributed by atoms with Crippen molar-refractivity contribution in [2.24, 2.45) is 0 Å². The highest BCUT2D eigenvalue weighted by atomic mass is 19.4. The van der Waals surface area contributed by atoms with Gasteiger partial charge in [-0.3, -0.25) is 9.69 Å². The van der Waals surface area contributed by atoms with Crippen LogP contribution in [0.4, 0.5) is 13.2 Å². The van der Waals surface area contributed by atoms with Crippen LogP contribution in [0.5, 0.6) is 0 Å². The molecular formula is C20H27F3N2O. The SMILES string of the molecule is CN(C(=O)Cc1ccccc1C(F)(F)F)C1CCCCC1N1CCCC1. The zero-order valence-corrected chi connectivity index (χ0v) is 15.3. The predicted octanol–water partition coefficient (Wildman–Crippen LogP) is 4.11. The fourth-order valence-electron chi connectivity index (χ4n) is 4.47. The molecule has 0 bridgehead atoms. The minimum Gasteiger partial charge on any atom is -0.341 e. The first kappa shape index (κ1) is 19.2. The molecule has 1 saturated heterocycles. The molecule has 1 aromatic rings. The summed E-state index contributed by atoms with van der Waals surface area (Å²) < 4.78 is 39.6. The lowest BCUT2D eigenvalue weighted by molar-refractivity contribution is -0.139. The summed E-state index contributed by atoms with van der Waals surface area (Å²) >= 11 is 0. The van der Waals surface area contributed by atoms with Gasteiger partial charge in [-0.05, 0) is 50.4 Å². The summed E-state index contributed by atoms with van der Waals surface area (Å²) in [6.45, 7) is 2.14. The summed E-state index contributed by atoms with van der Waals surface area (Å²) in [5, 5.41) is 0. The Hall–Kier alpha value is -1.56. The van der Waals surface area contributed by atoms with Crippen LogP contribution >= 0.6 is 0 Å². The predicted molar refractivity (Wildman–Crippen MR) is 94.8 cm³/mol. The normalized spacial score (nSPS) is 24.6. The monoisotopic (exact) mass is 368 g/mol. The average molecular weight is 368 g/mol. The topological polar surface area (TPSA) is 23.6 Å². The molecule has 2 atom stereocenters. The summed E-state index contributed by atoms with van der Waals surface area (Å²) in [6.07, 6.45) is 2.00. The van der Waals surface area contributed by atoms with Crippen LogP contribution in [0.25, 0.3) is 0 Å². The molecule has 2 unspecified atom stereocenters. The molecule has 1 saturated carbocycles. The molecule has 26 heavy (non-hydrogen) atoms. The van der Waals surface area contributed by atoms with Gasteiger partial charge in [-0.15, -0.1) is 0 Å². The molecule has 144 valence electrons. The first-order chi connectivity index (χ1) is 12.4. The number of carbonyl (C=O) groups is 1. The van der Waals surface area contributed by atoms with E-state index < -0.39 is 11.7 Å². The summed E-state index contributed by atoms with van der Waals surface area (Å²) in [5.74, 6) is -0.224. The van der Waals surface area contributed by atoms with Crippen LogP contribution in [0.2, 0.25) is 0 Å². The zero-order valence-electron chi connectivity index (χ0n) is 15.3. The van der Waals surface area contributed by atoms with Gasteiger partial charge in [0.25, 0.3) is 0 Å². The number of likely N-dealkylation sites (N-methyl/N-ethyl adjacent to an activating group) is 1. The molecule has 1 aliphatic carbocycles. The number of alkyl halides is 3. The van der Waals surface area contributed by atoms with Gasteiger partial charge in [-0.25, -0.2) is 0 Å². The van der Waals surface area contributed by atoms with Crippen LogP contribution in [0, 0.1) is 0 Å². The maximum absolute atomic E-state index is 13.2. The van der Waals surface area contributed by atoms with Gasteiger partial charge < -0.3 is 4.90 Å². The maximum Gasteiger partial charge on any atom is 0.416 e. The van der Waals surface area contributed by atoms with Crippen LogP contribution in [-0.2, 0) is 17.4 Å². The molecule has 1 amide bonds. The van der Waals surface area contributed by atoms with Gasteiger partial charge in [-0.2, -0.15) is 13.2 Å². The third kappa shape index (κ3) is 4.22. The van der Waals surface area contributed by atoms with Gasteiger partial charge in [0.15, 0.2) is 0 Å². The number of benzene rings is 1. The first-order valence-corrected chi connectivity index (χ1v) is 9.53. The van der Waals surface area contributed by atoms with Crippen molar-refractivity contribution in [1.82, 2.24) is 9.80 Å². The lowest BCUT2D eigenvalue weighted by Crippen LogP contribution is -2.53. The van der Waals surface area contributed by atoms with Gasteiger partial charge in [0.1, 0.15) is 0 Å². The average Bonchev–Trinajstić information content (AvgIpc) is 3.15. The number of amides is 1. The summed E-state index contributed by atoms with van der Waals surface area (Å²) in [6, 6.07) is 5.84. The zero-order chi connectivity index (χ0) is 18.7. The standard InChI is InChI=1S/C20H27F3N2O/c1-24(17-10-4-5-11-18(17)25-12-6-7-13-25)19(26)14-15-8-2-3-9-16(15)20(21,22)23/h2-3,8-9,17-18H,4-7,10-14H2,1H3. The minimum absolute atomic E-state index is 0.0605. The molecule has 2 fully saturated rings. The van der Waals surface area contributed by atoms with E-state index in [9.17, 15) is 18.0 Å². The number of rotatable bonds is 4. The fraction of sp³-hybridized carbons (Fsp3) is 0.650. The highest BCUT2D eigenvalue weighted by molar-refractivity contribution is 5.79. The van der Waals surface area contributed by atoms with Crippen molar-refractivity contribution in [3.05, 3.63) is 35.4 Å². The highest BCUT2D eigenvalue weighted by Gasteiger charge is 2.37. The first-order valence-electron chi connectivity index (χ1n) is 9.53. The molecule has 0 spiro atoms. The Balaban J connectivity index is 1.73. The van der Waals surface area contributed by atoms with Crippen molar-refractivity contribution in [2.75, 3.05) is 20.1 Å². The van der Waals surface area contributed by atoms with Crippen LogP contribution in [0.1, 0.15) is 49.7 Å². The molecule has 3 nitrogen and oxygen atoms in total. The van der Waals surface area contributed by atoms with Gasteiger partial charge in [0.2, 0.25) is 5.91 Å². The van der Waals surface area contributed by atoms with E-state index in [-0.39, 0.29) is 23.9 Å². The van der Waals surface area contributed by atoms with Crippen molar-refractivity contribution < 1.29 is 18.0 Å². The second-order valence-corrected chi connectivity index (χ2v) is 7.50. The maximum atomic E-state index is 13.2. The molecule has 1 aliphatic heterocycles. The highest BCUT2D eigenvalue weighted by Crippen LogP contribution is 2.33. The van der Waals surface area contributed by atoms with Crippen LogP contribution in [0.15, 0.2) is 24.3 Å². The van der Waals surface area contributed by atoms with E-state index in [0.29, 0.717) is 6.04 Å². The number of hydrogen-bond acceptors (Lipinski definition) is 2. The van der Waals surface area contributed by atoms with E-state index in [0.717, 1.165) is 44.8 Å². The molecule has 2 aliphatic rings. The molecule has 1 heterocycles. The number of hydrogen-bond donors (Lipinski definition) is 0. The van der Waals surface area contributed by atoms with E-state index in [1.165, 1.54) is 25.0 Å². The van der Waals surface area contributed by atoms with Crippen molar-refractivity contribution in [2.45, 2.75) is 63.2 Å². The van der Waals surface area contributed by atoms with Crippen LogP contribution in [0.3, 0.4) is 0 Å². The van der Waals surface area contributed by atoms with E-state index in [1.807, 2.05) is 0 Å². The van der Waals surface area contributed by atoms with Crippen LogP contribution in [-0.4, -0.2) is 47.9 Å². The second kappa shape index (κ2) is 7.99. The lowest BCUT2D eigenvalue weighted by atomic mass is 9.88. The van der Waals surface area contributed by atoms with Crippen LogP contribution < -0.4 is 0 Å². The number of nitrogens with zero attached hydrogens (tertiary/aromatic N) is 2. The largest absolute Gasteiger partial charge is 0.416 e. The van der Waals surface area contributed by atoms with Gasteiger partial charge in [0.05, 0.1) is 12.0 Å². The molecule has 1 aromatic carbocycles. The minimum atomic E-state index is -4.43. The van der Waals surface area contributed by atoms with Crippen molar-refractivity contribution in [1.29, 1.82) is 0 Å². The molecular weight excluding hydrogens is 341 g/mol. The third-order valence-electron chi connectivity index (χ3n) is 5.86. The quantitative estimate of drug-likeness (QED) is 0.798. The lowest BCUT2D eigenvalue weighted by Gasteiger charge is -2.42. The summed E-state index contributed by atoms with van der Waals surface area (Å²) in [4.78, 5) is 17.0. The summed E-state index contributed by atoms with van der Waals surface area (Å²) in [5.41, 5.74) is -0.646. The smallest absolute Gasteiger partial charge is 0.341 e. The number of carbonyl (C=O) groups excluding carboxylic acids is 1. The molecule has 3 rings (SSSR count). The summed E-state index contributed by atoms with van der Waals surface area (Å²) in [7, 11) is 1.76. The van der Waals surface area contributed by atoms with Gasteiger partial charge in [-0.1, -0.05) is 31.0 Å². The fourth-order valence-corrected chi connectivity index (χ4v) is 4.47. The van der Waals surface area contributed by atoms with E-state index in [4.69, 9.17) is 0 Å². The Labute approximate surface area is 153 Å². The van der Waals surface area contributed by atoms with Crippen molar-refractivity contribution >= 4 is 5.91 Å².